The number of benzene rings is 2. The number of hydrogen-bond donors (Lipinski definition) is 2. The van der Waals surface area contributed by atoms with Crippen molar-refractivity contribution < 1.29 is 10.1 Å². The van der Waals surface area contributed by atoms with Gasteiger partial charge in [0.05, 0.1) is 5.69 Å². The summed E-state index contributed by atoms with van der Waals surface area (Å²) in [7, 11) is 0. The SMILES string of the molecule is C#CC[NH2+]Cc1cc2cc(OCc3ccccc3)ccc2[nH]1. The molecule has 0 aliphatic heterocycles. The summed E-state index contributed by atoms with van der Waals surface area (Å²) < 4.78 is 5.86. The van der Waals surface area contributed by atoms with E-state index in [1.54, 1.807) is 0 Å². The number of hydrogen-bond acceptors (Lipinski definition) is 1. The first-order valence-electron chi connectivity index (χ1n) is 7.38. The molecule has 0 aliphatic carbocycles. The van der Waals surface area contributed by atoms with E-state index in [1.165, 1.54) is 11.3 Å². The van der Waals surface area contributed by atoms with Crippen molar-refractivity contribution in [2.75, 3.05) is 6.54 Å². The molecule has 1 heterocycles. The quantitative estimate of drug-likeness (QED) is 0.531. The van der Waals surface area contributed by atoms with Crippen LogP contribution in [0.2, 0.25) is 0 Å². The molecule has 0 fully saturated rings. The third kappa shape index (κ3) is 3.49. The van der Waals surface area contributed by atoms with Crippen molar-refractivity contribution in [3.8, 4) is 18.1 Å². The molecule has 0 saturated carbocycles. The zero-order valence-electron chi connectivity index (χ0n) is 12.4. The van der Waals surface area contributed by atoms with Gasteiger partial charge in [-0.3, -0.25) is 0 Å². The molecule has 0 atom stereocenters. The van der Waals surface area contributed by atoms with Crippen molar-refractivity contribution in [1.82, 2.24) is 4.98 Å². The van der Waals surface area contributed by atoms with Crippen molar-refractivity contribution in [3.05, 3.63) is 65.9 Å². The predicted octanol–water partition coefficient (Wildman–Crippen LogP) is 2.44. The molecule has 0 spiro atoms. The van der Waals surface area contributed by atoms with Crippen molar-refractivity contribution in [2.45, 2.75) is 13.2 Å². The number of aromatic nitrogens is 1. The number of quaternary nitrogens is 1. The van der Waals surface area contributed by atoms with E-state index < -0.39 is 0 Å². The molecule has 3 heteroatoms. The van der Waals surface area contributed by atoms with Gasteiger partial charge in [0, 0.05) is 10.9 Å². The fourth-order valence-corrected chi connectivity index (χ4v) is 2.42. The first-order valence-corrected chi connectivity index (χ1v) is 7.38. The second-order valence-corrected chi connectivity index (χ2v) is 5.22. The largest absolute Gasteiger partial charge is 0.489 e. The van der Waals surface area contributed by atoms with E-state index in [0.717, 1.165) is 23.2 Å². The Morgan fingerprint density at radius 2 is 1.95 bits per heavy atom. The summed E-state index contributed by atoms with van der Waals surface area (Å²) in [4.78, 5) is 3.40. The highest BCUT2D eigenvalue weighted by Gasteiger charge is 2.04. The molecule has 0 radical (unpaired) electrons. The average Bonchev–Trinajstić information content (AvgIpc) is 2.96. The standard InChI is InChI=1S/C19H18N2O/c1-2-10-20-13-17-11-16-12-18(8-9-19(16)21-17)22-14-15-6-4-3-5-7-15/h1,3-9,11-12,20-21H,10,13-14H2/p+1. The molecule has 2 aromatic carbocycles. The first kappa shape index (κ1) is 14.2. The van der Waals surface area contributed by atoms with Gasteiger partial charge in [0.15, 0.2) is 0 Å². The van der Waals surface area contributed by atoms with Gasteiger partial charge in [-0.2, -0.15) is 0 Å². The average molecular weight is 291 g/mol. The van der Waals surface area contributed by atoms with Gasteiger partial charge >= 0.3 is 0 Å². The van der Waals surface area contributed by atoms with E-state index in [2.05, 4.69) is 46.6 Å². The van der Waals surface area contributed by atoms with E-state index >= 15 is 0 Å². The van der Waals surface area contributed by atoms with Crippen LogP contribution < -0.4 is 10.1 Å². The van der Waals surface area contributed by atoms with E-state index in [4.69, 9.17) is 11.2 Å². The zero-order valence-corrected chi connectivity index (χ0v) is 12.4. The Labute approximate surface area is 130 Å². The van der Waals surface area contributed by atoms with Crippen LogP contribution in [-0.2, 0) is 13.2 Å². The van der Waals surface area contributed by atoms with Gasteiger partial charge in [-0.15, -0.1) is 6.42 Å². The molecule has 0 saturated heterocycles. The van der Waals surface area contributed by atoms with Gasteiger partial charge in [0.25, 0.3) is 0 Å². The first-order chi connectivity index (χ1) is 10.8. The number of ether oxygens (including phenoxy) is 1. The topological polar surface area (TPSA) is 41.6 Å². The maximum Gasteiger partial charge on any atom is 0.137 e. The van der Waals surface area contributed by atoms with Crippen molar-refractivity contribution in [2.24, 2.45) is 0 Å². The van der Waals surface area contributed by atoms with Crippen molar-refractivity contribution in [1.29, 1.82) is 0 Å². The number of nitrogens with two attached hydrogens (primary N) is 1. The highest BCUT2D eigenvalue weighted by Crippen LogP contribution is 2.22. The fraction of sp³-hybridized carbons (Fsp3) is 0.158. The van der Waals surface area contributed by atoms with E-state index in [0.29, 0.717) is 13.2 Å². The molecule has 1 aromatic heterocycles. The molecule has 0 amide bonds. The van der Waals surface area contributed by atoms with Crippen LogP contribution in [0.1, 0.15) is 11.3 Å². The summed E-state index contributed by atoms with van der Waals surface area (Å²) in [5.41, 5.74) is 3.46. The number of fused-ring (bicyclic) bond motifs is 1. The van der Waals surface area contributed by atoms with Crippen LogP contribution in [-0.4, -0.2) is 11.5 Å². The number of nitrogens with one attached hydrogen (secondary N) is 1. The molecule has 0 aliphatic rings. The minimum Gasteiger partial charge on any atom is -0.489 e. The highest BCUT2D eigenvalue weighted by molar-refractivity contribution is 5.81. The van der Waals surface area contributed by atoms with Gasteiger partial charge in [-0.1, -0.05) is 30.3 Å². The molecule has 22 heavy (non-hydrogen) atoms. The summed E-state index contributed by atoms with van der Waals surface area (Å²) in [6, 6.07) is 18.4. The predicted molar refractivity (Wildman–Crippen MR) is 88.4 cm³/mol. The summed E-state index contributed by atoms with van der Waals surface area (Å²) >= 11 is 0. The normalized spacial score (nSPS) is 10.5. The number of rotatable bonds is 6. The molecular formula is C19H19N2O+. The van der Waals surface area contributed by atoms with Crippen LogP contribution in [0.3, 0.4) is 0 Å². The second-order valence-electron chi connectivity index (χ2n) is 5.22. The third-order valence-electron chi connectivity index (χ3n) is 3.52. The van der Waals surface area contributed by atoms with Gasteiger partial charge in [-0.05, 0) is 35.7 Å². The van der Waals surface area contributed by atoms with Crippen LogP contribution in [0.5, 0.6) is 5.75 Å². The van der Waals surface area contributed by atoms with Gasteiger partial charge < -0.3 is 15.0 Å². The minimum atomic E-state index is 0.583. The maximum atomic E-state index is 5.86. The third-order valence-corrected chi connectivity index (χ3v) is 3.52. The summed E-state index contributed by atoms with van der Waals surface area (Å²) in [5.74, 6) is 3.51. The van der Waals surface area contributed by atoms with Crippen molar-refractivity contribution in [3.63, 3.8) is 0 Å². The molecule has 3 rings (SSSR count). The Kier molecular flexibility index (Phi) is 4.43. The van der Waals surface area contributed by atoms with E-state index in [9.17, 15) is 0 Å². The molecular weight excluding hydrogens is 272 g/mol. The Hall–Kier alpha value is -2.70. The highest BCUT2D eigenvalue weighted by atomic mass is 16.5. The van der Waals surface area contributed by atoms with Gasteiger partial charge in [0.1, 0.15) is 25.4 Å². The number of aromatic amines is 1. The van der Waals surface area contributed by atoms with Crippen molar-refractivity contribution >= 4 is 10.9 Å². The Balaban J connectivity index is 1.68. The minimum absolute atomic E-state index is 0.583. The number of terminal acetylenes is 1. The lowest BCUT2D eigenvalue weighted by Gasteiger charge is -2.06. The molecule has 3 N–H and O–H groups in total. The fourth-order valence-electron chi connectivity index (χ4n) is 2.42. The monoisotopic (exact) mass is 291 g/mol. The molecule has 3 nitrogen and oxygen atoms in total. The lowest BCUT2D eigenvalue weighted by Crippen LogP contribution is -2.82. The van der Waals surface area contributed by atoms with Crippen LogP contribution in [0.4, 0.5) is 0 Å². The Morgan fingerprint density at radius 3 is 2.77 bits per heavy atom. The molecule has 0 unspecified atom stereocenters. The summed E-state index contributed by atoms with van der Waals surface area (Å²) in [6.45, 7) is 2.14. The molecule has 110 valence electrons. The van der Waals surface area contributed by atoms with Crippen LogP contribution in [0.15, 0.2) is 54.6 Å². The molecule has 3 aromatic rings. The summed E-state index contributed by atoms with van der Waals surface area (Å²) in [6.07, 6.45) is 5.26. The van der Waals surface area contributed by atoms with Gasteiger partial charge in [0.2, 0.25) is 0 Å². The molecule has 0 bridgehead atoms. The Bertz CT molecular complexity index is 784. The van der Waals surface area contributed by atoms with Crippen LogP contribution >= 0.6 is 0 Å². The van der Waals surface area contributed by atoms with Crippen LogP contribution in [0.25, 0.3) is 10.9 Å². The Morgan fingerprint density at radius 1 is 1.09 bits per heavy atom. The lowest BCUT2D eigenvalue weighted by atomic mass is 10.2. The number of H-pyrrole nitrogens is 1. The zero-order chi connectivity index (χ0) is 15.2. The van der Waals surface area contributed by atoms with Crippen LogP contribution in [0, 0.1) is 12.3 Å². The summed E-state index contributed by atoms with van der Waals surface area (Å²) in [5, 5.41) is 3.26. The van der Waals surface area contributed by atoms with Gasteiger partial charge in [-0.25, -0.2) is 0 Å². The van der Waals surface area contributed by atoms with E-state index in [-0.39, 0.29) is 0 Å². The maximum absolute atomic E-state index is 5.86. The lowest BCUT2D eigenvalue weighted by molar-refractivity contribution is -0.660. The van der Waals surface area contributed by atoms with E-state index in [1.807, 2.05) is 24.3 Å². The smallest absolute Gasteiger partial charge is 0.137 e. The second kappa shape index (κ2) is 6.84.